The van der Waals surface area contributed by atoms with Crippen molar-refractivity contribution >= 4 is 5.97 Å². The molecule has 1 aromatic rings. The number of hydrogen-bond donors (Lipinski definition) is 1. The highest BCUT2D eigenvalue weighted by atomic mass is 19.4. The highest BCUT2D eigenvalue weighted by Crippen LogP contribution is 2.24. The van der Waals surface area contributed by atoms with E-state index in [9.17, 15) is 22.4 Å². The molecule has 0 fully saturated rings. The van der Waals surface area contributed by atoms with Gasteiger partial charge in [-0.05, 0) is 13.0 Å². The molecule has 19 heavy (non-hydrogen) atoms. The van der Waals surface area contributed by atoms with E-state index >= 15 is 0 Å². The Hall–Kier alpha value is -1.70. The number of hydrogen-bond acceptors (Lipinski definition) is 4. The quantitative estimate of drug-likeness (QED) is 0.674. The molecule has 0 aliphatic heterocycles. The van der Waals surface area contributed by atoms with E-state index in [1.165, 1.54) is 6.92 Å². The molecule has 0 aromatic carbocycles. The average molecular weight is 280 g/mol. The summed E-state index contributed by atoms with van der Waals surface area (Å²) in [5.74, 6) is -1.73. The van der Waals surface area contributed by atoms with Crippen LogP contribution in [-0.4, -0.2) is 30.8 Å². The zero-order chi connectivity index (χ0) is 14.7. The fourth-order valence-corrected chi connectivity index (χ4v) is 1.46. The number of aromatic nitrogens is 1. The highest BCUT2D eigenvalue weighted by Gasteiger charge is 2.40. The number of carbonyl (C=O) groups excluding carboxylic acids is 1. The van der Waals surface area contributed by atoms with Gasteiger partial charge < -0.3 is 4.74 Å². The van der Waals surface area contributed by atoms with Gasteiger partial charge in [0.25, 0.3) is 0 Å². The van der Waals surface area contributed by atoms with Crippen LogP contribution in [0.2, 0.25) is 0 Å². The summed E-state index contributed by atoms with van der Waals surface area (Å²) in [6.45, 7) is -0.254. The van der Waals surface area contributed by atoms with E-state index in [0.29, 0.717) is 0 Å². The van der Waals surface area contributed by atoms with Gasteiger partial charge in [0.1, 0.15) is 11.4 Å². The maximum Gasteiger partial charge on any atom is 0.401 e. The molecule has 1 heterocycles. The molecule has 0 saturated heterocycles. The summed E-state index contributed by atoms with van der Waals surface area (Å²) in [5, 5.41) is 2.02. The number of halogens is 4. The Morgan fingerprint density at radius 3 is 2.53 bits per heavy atom. The van der Waals surface area contributed by atoms with E-state index in [1.807, 2.05) is 5.32 Å². The molecule has 0 saturated carbocycles. The smallest absolute Gasteiger partial charge is 0.401 e. The van der Waals surface area contributed by atoms with Gasteiger partial charge in [-0.1, -0.05) is 0 Å². The summed E-state index contributed by atoms with van der Waals surface area (Å²) in [5.41, 5.74) is -1.89. The molecule has 4 nitrogen and oxygen atoms in total. The van der Waals surface area contributed by atoms with Crippen LogP contribution in [0.25, 0.3) is 0 Å². The minimum Gasteiger partial charge on any atom is -0.467 e. The largest absolute Gasteiger partial charge is 0.467 e. The molecule has 0 bridgehead atoms. The van der Waals surface area contributed by atoms with Crippen LogP contribution in [0.3, 0.4) is 0 Å². The van der Waals surface area contributed by atoms with Crippen LogP contribution >= 0.6 is 0 Å². The summed E-state index contributed by atoms with van der Waals surface area (Å²) in [6.07, 6.45) is -2.54. The summed E-state index contributed by atoms with van der Waals surface area (Å²) < 4.78 is 54.3. The Kier molecular flexibility index (Phi) is 4.46. The number of nitrogens with one attached hydrogen (secondary N) is 1. The van der Waals surface area contributed by atoms with Crippen molar-refractivity contribution in [3.05, 3.63) is 29.8 Å². The number of methoxy groups -OCH3 is 1. The first-order valence-corrected chi connectivity index (χ1v) is 5.20. The van der Waals surface area contributed by atoms with Crippen molar-refractivity contribution in [2.45, 2.75) is 18.6 Å². The van der Waals surface area contributed by atoms with Gasteiger partial charge in [0.05, 0.1) is 19.9 Å². The number of ether oxygens (including phenoxy) is 1. The lowest BCUT2D eigenvalue weighted by atomic mass is 9.93. The molecule has 0 spiro atoms. The van der Waals surface area contributed by atoms with Gasteiger partial charge in [-0.3, -0.25) is 10.3 Å². The third-order valence-corrected chi connectivity index (χ3v) is 2.52. The fraction of sp³-hybridized carbons (Fsp3) is 0.455. The van der Waals surface area contributed by atoms with Gasteiger partial charge in [-0.15, -0.1) is 0 Å². The summed E-state index contributed by atoms with van der Waals surface area (Å²) in [4.78, 5) is 15.2. The summed E-state index contributed by atoms with van der Waals surface area (Å²) >= 11 is 0. The molecule has 0 aliphatic carbocycles. The molecular formula is C11H12F4N2O2. The highest BCUT2D eigenvalue weighted by molar-refractivity contribution is 5.82. The Bertz CT molecular complexity index is 464. The predicted octanol–water partition coefficient (Wildman–Crippen LogP) is 1.76. The number of esters is 1. The Morgan fingerprint density at radius 2 is 2.05 bits per heavy atom. The van der Waals surface area contributed by atoms with E-state index < -0.39 is 30.0 Å². The van der Waals surface area contributed by atoms with Crippen molar-refractivity contribution in [1.29, 1.82) is 0 Å². The topological polar surface area (TPSA) is 51.2 Å². The van der Waals surface area contributed by atoms with E-state index in [1.54, 1.807) is 0 Å². The minimum atomic E-state index is -4.52. The van der Waals surface area contributed by atoms with Crippen molar-refractivity contribution < 1.29 is 27.1 Å². The number of carbonyl (C=O) groups is 1. The minimum absolute atomic E-state index is 0.0522. The van der Waals surface area contributed by atoms with Gasteiger partial charge in [0.2, 0.25) is 0 Å². The van der Waals surface area contributed by atoms with Crippen LogP contribution in [-0.2, 0) is 15.1 Å². The first kappa shape index (κ1) is 15.4. The van der Waals surface area contributed by atoms with Crippen LogP contribution in [0.4, 0.5) is 17.6 Å². The third-order valence-electron chi connectivity index (χ3n) is 2.52. The van der Waals surface area contributed by atoms with Crippen molar-refractivity contribution in [1.82, 2.24) is 10.3 Å². The van der Waals surface area contributed by atoms with Gasteiger partial charge in [-0.25, -0.2) is 9.18 Å². The van der Waals surface area contributed by atoms with Crippen LogP contribution in [0.5, 0.6) is 0 Å². The molecule has 1 rings (SSSR count). The van der Waals surface area contributed by atoms with Gasteiger partial charge in [0.15, 0.2) is 0 Å². The molecule has 8 heteroatoms. The van der Waals surface area contributed by atoms with Crippen LogP contribution < -0.4 is 5.32 Å². The van der Waals surface area contributed by atoms with Crippen molar-refractivity contribution in [2.75, 3.05) is 13.7 Å². The van der Waals surface area contributed by atoms with Crippen molar-refractivity contribution in [2.24, 2.45) is 0 Å². The van der Waals surface area contributed by atoms with Crippen LogP contribution in [0.1, 0.15) is 12.5 Å². The average Bonchev–Trinajstić information content (AvgIpc) is 2.34. The molecule has 0 aliphatic rings. The lowest BCUT2D eigenvalue weighted by Gasteiger charge is -2.28. The molecule has 1 atom stereocenters. The van der Waals surface area contributed by atoms with Gasteiger partial charge in [0, 0.05) is 11.8 Å². The zero-order valence-corrected chi connectivity index (χ0v) is 10.2. The molecule has 1 unspecified atom stereocenters. The second-order valence-corrected chi connectivity index (χ2v) is 3.98. The molecule has 106 valence electrons. The maximum atomic E-state index is 13.1. The Labute approximate surface area is 106 Å². The SMILES string of the molecule is COC(=O)C(C)(NCC(F)(F)F)c1cncc(F)c1. The maximum absolute atomic E-state index is 13.1. The van der Waals surface area contributed by atoms with Crippen LogP contribution in [0.15, 0.2) is 18.5 Å². The second-order valence-electron chi connectivity index (χ2n) is 3.98. The lowest BCUT2D eigenvalue weighted by Crippen LogP contribution is -2.50. The van der Waals surface area contributed by atoms with E-state index in [4.69, 9.17) is 0 Å². The zero-order valence-electron chi connectivity index (χ0n) is 10.2. The van der Waals surface area contributed by atoms with Crippen LogP contribution in [0, 0.1) is 5.82 Å². The first-order valence-electron chi connectivity index (χ1n) is 5.20. The van der Waals surface area contributed by atoms with Crippen molar-refractivity contribution in [3.8, 4) is 0 Å². The summed E-state index contributed by atoms with van der Waals surface area (Å²) in [6, 6.07) is 0.924. The second kappa shape index (κ2) is 5.52. The normalized spacial score (nSPS) is 14.8. The predicted molar refractivity (Wildman–Crippen MR) is 57.6 cm³/mol. The number of nitrogens with zero attached hydrogens (tertiary/aromatic N) is 1. The van der Waals surface area contributed by atoms with Gasteiger partial charge in [-0.2, -0.15) is 13.2 Å². The molecule has 1 N–H and O–H groups in total. The molecule has 0 amide bonds. The number of pyridine rings is 1. The standard InChI is InChI=1S/C11H12F4N2O2/c1-10(9(18)19-2,17-6-11(13,14)15)7-3-8(12)5-16-4-7/h3-5,17H,6H2,1-2H3. The summed E-state index contributed by atoms with van der Waals surface area (Å²) in [7, 11) is 1.03. The Balaban J connectivity index is 3.09. The van der Waals surface area contributed by atoms with E-state index in [-0.39, 0.29) is 5.56 Å². The fourth-order valence-electron chi connectivity index (χ4n) is 1.46. The number of rotatable bonds is 4. The van der Waals surface area contributed by atoms with E-state index in [2.05, 4.69) is 9.72 Å². The van der Waals surface area contributed by atoms with Crippen molar-refractivity contribution in [3.63, 3.8) is 0 Å². The Morgan fingerprint density at radius 1 is 1.42 bits per heavy atom. The van der Waals surface area contributed by atoms with Gasteiger partial charge >= 0.3 is 12.1 Å². The third kappa shape index (κ3) is 3.88. The molecule has 0 radical (unpaired) electrons. The first-order chi connectivity index (χ1) is 8.69. The molecule has 1 aromatic heterocycles. The van der Waals surface area contributed by atoms with E-state index in [0.717, 1.165) is 25.6 Å². The number of alkyl halides is 3. The lowest BCUT2D eigenvalue weighted by molar-refractivity contribution is -0.153. The molecular weight excluding hydrogens is 268 g/mol. The monoisotopic (exact) mass is 280 g/mol.